The van der Waals surface area contributed by atoms with Crippen LogP contribution in [0, 0.1) is 17.2 Å². The third-order valence-corrected chi connectivity index (χ3v) is 3.28. The van der Waals surface area contributed by atoms with Gasteiger partial charge in [-0.1, -0.05) is 6.92 Å². The van der Waals surface area contributed by atoms with E-state index in [9.17, 15) is 4.79 Å². The molecule has 1 aromatic heterocycles. The lowest BCUT2D eigenvalue weighted by atomic mass is 10.3. The number of amides is 2. The smallest absolute Gasteiger partial charge is 0.320 e. The molecule has 88 valence electrons. The number of rotatable bonds is 2. The number of carbonyl (C=O) groups excluding carboxylic acids is 1. The topological polar surface area (TPSA) is 77.8 Å². The number of nitrogens with zero attached hydrogens (tertiary/aromatic N) is 2. The summed E-state index contributed by atoms with van der Waals surface area (Å²) in [5.74, 6) is 0.920. The Morgan fingerprint density at radius 3 is 3.00 bits per heavy atom. The molecule has 1 aliphatic rings. The molecule has 0 unspecified atom stereocenters. The number of carbonyl (C=O) groups is 1. The van der Waals surface area contributed by atoms with Crippen LogP contribution >= 0.6 is 15.9 Å². The molecule has 1 fully saturated rings. The van der Waals surface area contributed by atoms with E-state index in [2.05, 4.69) is 38.5 Å². The molecule has 1 saturated carbocycles. The zero-order valence-electron chi connectivity index (χ0n) is 9.20. The molecule has 2 amide bonds. The quantitative estimate of drug-likeness (QED) is 0.878. The van der Waals surface area contributed by atoms with E-state index in [-0.39, 0.29) is 12.1 Å². The third-order valence-electron chi connectivity index (χ3n) is 2.64. The van der Waals surface area contributed by atoms with Gasteiger partial charge in [-0.3, -0.25) is 5.32 Å². The molecular weight excluding hydrogens is 284 g/mol. The molecule has 0 saturated heterocycles. The van der Waals surface area contributed by atoms with Crippen molar-refractivity contribution in [2.24, 2.45) is 5.92 Å². The molecule has 0 aliphatic heterocycles. The Morgan fingerprint density at radius 2 is 2.41 bits per heavy atom. The van der Waals surface area contributed by atoms with Gasteiger partial charge in [-0.25, -0.2) is 9.78 Å². The summed E-state index contributed by atoms with van der Waals surface area (Å²) in [5, 5.41) is 14.3. The van der Waals surface area contributed by atoms with Gasteiger partial charge in [0.2, 0.25) is 0 Å². The molecule has 2 rings (SSSR count). The number of nitrogens with one attached hydrogen (secondary N) is 2. The number of urea groups is 1. The number of hydrogen-bond acceptors (Lipinski definition) is 3. The standard InChI is InChI=1S/C11H11BrN4O/c1-6-2-9(6)15-11(17)16-10-3-7(4-13)8(12)5-14-10/h3,5-6,9H,2H2,1H3,(H2,14,15,16,17)/t6-,9-/m0/s1. The Morgan fingerprint density at radius 1 is 1.71 bits per heavy atom. The Labute approximate surface area is 107 Å². The van der Waals surface area contributed by atoms with Gasteiger partial charge < -0.3 is 5.32 Å². The monoisotopic (exact) mass is 294 g/mol. The molecule has 6 heteroatoms. The molecule has 0 spiro atoms. The largest absolute Gasteiger partial charge is 0.335 e. The van der Waals surface area contributed by atoms with E-state index in [1.54, 1.807) is 0 Å². The highest BCUT2D eigenvalue weighted by molar-refractivity contribution is 9.10. The van der Waals surface area contributed by atoms with Gasteiger partial charge in [0.05, 0.1) is 10.0 Å². The van der Waals surface area contributed by atoms with Gasteiger partial charge in [0, 0.05) is 12.2 Å². The van der Waals surface area contributed by atoms with Crippen LogP contribution in [0.15, 0.2) is 16.7 Å². The van der Waals surface area contributed by atoms with E-state index in [1.165, 1.54) is 12.3 Å². The fraction of sp³-hybridized carbons (Fsp3) is 0.364. The van der Waals surface area contributed by atoms with Crippen LogP contribution < -0.4 is 10.6 Å². The number of anilines is 1. The van der Waals surface area contributed by atoms with Gasteiger partial charge >= 0.3 is 6.03 Å². The Balaban J connectivity index is 1.98. The molecule has 17 heavy (non-hydrogen) atoms. The van der Waals surface area contributed by atoms with Crippen LogP contribution in [0.3, 0.4) is 0 Å². The predicted octanol–water partition coefficient (Wildman–Crippen LogP) is 2.25. The van der Waals surface area contributed by atoms with Crippen molar-refractivity contribution in [2.45, 2.75) is 19.4 Å². The highest BCUT2D eigenvalue weighted by Crippen LogP contribution is 2.28. The maximum Gasteiger partial charge on any atom is 0.320 e. The summed E-state index contributed by atoms with van der Waals surface area (Å²) < 4.78 is 0.613. The SMILES string of the molecule is C[C@H]1C[C@@H]1NC(=O)Nc1cc(C#N)c(Br)cn1. The molecule has 2 atom stereocenters. The summed E-state index contributed by atoms with van der Waals surface area (Å²) in [6.07, 6.45) is 2.51. The minimum Gasteiger partial charge on any atom is -0.335 e. The van der Waals surface area contributed by atoms with E-state index in [4.69, 9.17) is 5.26 Å². The summed E-state index contributed by atoms with van der Waals surface area (Å²) >= 11 is 3.20. The highest BCUT2D eigenvalue weighted by Gasteiger charge is 2.33. The van der Waals surface area contributed by atoms with Crippen molar-refractivity contribution in [3.8, 4) is 6.07 Å². The number of pyridine rings is 1. The second-order valence-corrected chi connectivity index (χ2v) is 4.93. The minimum atomic E-state index is -0.280. The van der Waals surface area contributed by atoms with Crippen molar-refractivity contribution >= 4 is 27.8 Å². The molecular formula is C11H11BrN4O. The molecule has 1 heterocycles. The second kappa shape index (κ2) is 4.72. The lowest BCUT2D eigenvalue weighted by molar-refractivity contribution is 0.251. The molecule has 0 aromatic carbocycles. The number of aromatic nitrogens is 1. The van der Waals surface area contributed by atoms with Crippen LogP contribution in [0.4, 0.5) is 10.6 Å². The average molecular weight is 295 g/mol. The Kier molecular flexibility index (Phi) is 3.29. The van der Waals surface area contributed by atoms with Crippen molar-refractivity contribution in [2.75, 3.05) is 5.32 Å². The molecule has 5 nitrogen and oxygen atoms in total. The highest BCUT2D eigenvalue weighted by atomic mass is 79.9. The fourth-order valence-electron chi connectivity index (χ4n) is 1.44. The summed E-state index contributed by atoms with van der Waals surface area (Å²) in [7, 11) is 0. The van der Waals surface area contributed by atoms with E-state index < -0.39 is 0 Å². The lowest BCUT2D eigenvalue weighted by Gasteiger charge is -2.06. The van der Waals surface area contributed by atoms with Crippen LogP contribution in [0.2, 0.25) is 0 Å². The van der Waals surface area contributed by atoms with Crippen LogP contribution in [0.25, 0.3) is 0 Å². The minimum absolute atomic E-state index is 0.265. The predicted molar refractivity (Wildman–Crippen MR) is 66.4 cm³/mol. The summed E-state index contributed by atoms with van der Waals surface area (Å²) in [6, 6.07) is 3.52. The maximum absolute atomic E-state index is 11.5. The average Bonchev–Trinajstić information content (AvgIpc) is 2.97. The van der Waals surface area contributed by atoms with Crippen LogP contribution in [-0.2, 0) is 0 Å². The second-order valence-electron chi connectivity index (χ2n) is 4.08. The summed E-state index contributed by atoms with van der Waals surface area (Å²) in [5.41, 5.74) is 0.440. The number of hydrogen-bond donors (Lipinski definition) is 2. The Hall–Kier alpha value is -1.61. The third kappa shape index (κ3) is 2.94. The van der Waals surface area contributed by atoms with Crippen LogP contribution in [0.1, 0.15) is 18.9 Å². The number of nitriles is 1. The van der Waals surface area contributed by atoms with E-state index in [0.29, 0.717) is 21.8 Å². The molecule has 0 bridgehead atoms. The summed E-state index contributed by atoms with van der Waals surface area (Å²) in [4.78, 5) is 15.5. The van der Waals surface area contributed by atoms with Crippen molar-refractivity contribution in [1.29, 1.82) is 5.26 Å². The fourth-order valence-corrected chi connectivity index (χ4v) is 1.74. The molecule has 1 aromatic rings. The van der Waals surface area contributed by atoms with Crippen LogP contribution in [0.5, 0.6) is 0 Å². The first-order valence-electron chi connectivity index (χ1n) is 5.23. The van der Waals surface area contributed by atoms with Crippen LogP contribution in [-0.4, -0.2) is 17.1 Å². The van der Waals surface area contributed by atoms with Crippen molar-refractivity contribution < 1.29 is 4.79 Å². The normalized spacial score (nSPS) is 21.5. The van der Waals surface area contributed by atoms with Gasteiger partial charge in [0.15, 0.2) is 0 Å². The Bertz CT molecular complexity index is 497. The molecule has 0 radical (unpaired) electrons. The first-order chi connectivity index (χ1) is 8.10. The van der Waals surface area contributed by atoms with E-state index >= 15 is 0 Å². The van der Waals surface area contributed by atoms with Crippen molar-refractivity contribution in [3.63, 3.8) is 0 Å². The van der Waals surface area contributed by atoms with E-state index in [1.807, 2.05) is 6.07 Å². The number of halogens is 1. The first-order valence-corrected chi connectivity index (χ1v) is 6.02. The van der Waals surface area contributed by atoms with Gasteiger partial charge in [0.1, 0.15) is 11.9 Å². The lowest BCUT2D eigenvalue weighted by Crippen LogP contribution is -2.31. The zero-order chi connectivity index (χ0) is 12.4. The molecule has 2 N–H and O–H groups in total. The maximum atomic E-state index is 11.5. The van der Waals surface area contributed by atoms with Crippen molar-refractivity contribution in [1.82, 2.24) is 10.3 Å². The summed E-state index contributed by atoms with van der Waals surface area (Å²) in [6.45, 7) is 2.08. The zero-order valence-corrected chi connectivity index (χ0v) is 10.8. The van der Waals surface area contributed by atoms with Gasteiger partial charge in [-0.15, -0.1) is 0 Å². The van der Waals surface area contributed by atoms with E-state index in [0.717, 1.165) is 6.42 Å². The van der Waals surface area contributed by atoms with Gasteiger partial charge in [-0.05, 0) is 34.3 Å². The first kappa shape index (κ1) is 11.9. The van der Waals surface area contributed by atoms with Gasteiger partial charge in [0.25, 0.3) is 0 Å². The van der Waals surface area contributed by atoms with Gasteiger partial charge in [-0.2, -0.15) is 5.26 Å². The van der Waals surface area contributed by atoms with Crippen molar-refractivity contribution in [3.05, 3.63) is 22.3 Å². The molecule has 1 aliphatic carbocycles.